The van der Waals surface area contributed by atoms with E-state index >= 15 is 0 Å². The number of carbonyl (C=O) groups is 3. The van der Waals surface area contributed by atoms with E-state index in [4.69, 9.17) is 9.47 Å². The summed E-state index contributed by atoms with van der Waals surface area (Å²) in [7, 11) is 0. The Morgan fingerprint density at radius 3 is 2.02 bits per heavy atom. The number of carbonyl (C=O) groups excluding carboxylic acids is 2. The molecule has 0 aromatic rings. The fourth-order valence-electron chi connectivity index (χ4n) is 11.4. The molecule has 4 fully saturated rings. The van der Waals surface area contributed by atoms with Crippen molar-refractivity contribution in [3.05, 3.63) is 11.6 Å². The van der Waals surface area contributed by atoms with Crippen molar-refractivity contribution in [2.45, 2.75) is 132 Å². The molecule has 5 aliphatic rings. The second-order valence-electron chi connectivity index (χ2n) is 16.3. The molecule has 40 heavy (non-hydrogen) atoms. The minimum absolute atomic E-state index is 0.0317. The topological polar surface area (TPSA) is 89.9 Å². The van der Waals surface area contributed by atoms with Crippen molar-refractivity contribution in [3.8, 4) is 0 Å². The highest BCUT2D eigenvalue weighted by molar-refractivity contribution is 5.78. The Morgan fingerprint density at radius 2 is 1.43 bits per heavy atom. The van der Waals surface area contributed by atoms with E-state index in [2.05, 4.69) is 54.5 Å². The number of aliphatic carboxylic acids is 1. The first-order valence-corrected chi connectivity index (χ1v) is 15.6. The van der Waals surface area contributed by atoms with Gasteiger partial charge >= 0.3 is 17.9 Å². The van der Waals surface area contributed by atoms with E-state index < -0.39 is 17.5 Å². The second kappa shape index (κ2) is 9.07. The van der Waals surface area contributed by atoms with E-state index in [-0.39, 0.29) is 51.0 Å². The monoisotopic (exact) mass is 556 g/mol. The summed E-state index contributed by atoms with van der Waals surface area (Å²) in [6.45, 7) is 19.3. The molecule has 0 saturated heterocycles. The normalized spacial score (nSPS) is 46.8. The van der Waals surface area contributed by atoms with Crippen molar-refractivity contribution in [2.24, 2.45) is 50.2 Å². The maximum absolute atomic E-state index is 13.2. The number of carboxylic acids is 1. The molecule has 0 aliphatic heterocycles. The molecule has 6 heteroatoms. The summed E-state index contributed by atoms with van der Waals surface area (Å²) in [4.78, 5) is 37.6. The molecule has 5 rings (SSSR count). The average molecular weight is 557 g/mol. The Balaban J connectivity index is 1.62. The number of rotatable bonds is 3. The van der Waals surface area contributed by atoms with Crippen LogP contribution in [0.15, 0.2) is 11.6 Å². The lowest BCUT2D eigenvalue weighted by molar-refractivity contribution is -0.226. The molecule has 0 bridgehead atoms. The lowest BCUT2D eigenvalue weighted by atomic mass is 9.33. The molecule has 6 nitrogen and oxygen atoms in total. The summed E-state index contributed by atoms with van der Waals surface area (Å²) in [5.41, 5.74) is -0.0915. The Labute approximate surface area is 241 Å². The first-order valence-electron chi connectivity index (χ1n) is 15.6. The molecule has 0 aromatic heterocycles. The highest BCUT2D eigenvalue weighted by Gasteiger charge is 2.72. The summed E-state index contributed by atoms with van der Waals surface area (Å²) in [6.07, 6.45) is 9.38. The highest BCUT2D eigenvalue weighted by atomic mass is 16.5. The van der Waals surface area contributed by atoms with Gasteiger partial charge in [0, 0.05) is 25.2 Å². The van der Waals surface area contributed by atoms with Gasteiger partial charge in [-0.25, -0.2) is 0 Å². The minimum Gasteiger partial charge on any atom is -0.481 e. The fraction of sp³-hybridized carbons (Fsp3) is 0.853. The summed E-state index contributed by atoms with van der Waals surface area (Å²) in [5.74, 6) is -0.696. The molecule has 1 N–H and O–H groups in total. The lowest BCUT2D eigenvalue weighted by Crippen LogP contribution is -2.68. The zero-order chi connectivity index (χ0) is 29.7. The summed E-state index contributed by atoms with van der Waals surface area (Å²) < 4.78 is 11.9. The van der Waals surface area contributed by atoms with Crippen molar-refractivity contribution in [1.82, 2.24) is 0 Å². The van der Waals surface area contributed by atoms with E-state index in [1.165, 1.54) is 19.4 Å². The third-order valence-electron chi connectivity index (χ3n) is 13.6. The van der Waals surface area contributed by atoms with Crippen LogP contribution in [-0.4, -0.2) is 35.2 Å². The van der Waals surface area contributed by atoms with Crippen LogP contribution in [0, 0.1) is 50.2 Å². The number of allylic oxidation sites excluding steroid dienone is 2. The van der Waals surface area contributed by atoms with Gasteiger partial charge in [-0.3, -0.25) is 14.4 Å². The standard InChI is InChI=1S/C34H52O6/c1-20(35)39-26-13-14-31(7)24(30(26,5)6)12-15-32(8)25(31)11-10-22-23-18-29(3,4)16-17-34(23,28(37)38)27(40-21(2)36)19-33(22,32)9/h10,23-27H,11-19H2,1-9H3,(H,37,38)/t23-,24+,25-,26+,27-,31+,32-,33-,34-/m1/s1. The number of hydrogen-bond acceptors (Lipinski definition) is 5. The van der Waals surface area contributed by atoms with Gasteiger partial charge in [0.2, 0.25) is 0 Å². The molecule has 0 spiro atoms. The number of fused-ring (bicyclic) bond motifs is 7. The summed E-state index contributed by atoms with van der Waals surface area (Å²) >= 11 is 0. The molecular formula is C34H52O6. The van der Waals surface area contributed by atoms with Crippen LogP contribution in [0.5, 0.6) is 0 Å². The van der Waals surface area contributed by atoms with E-state index in [1.807, 2.05) is 0 Å². The van der Waals surface area contributed by atoms with Crippen LogP contribution < -0.4 is 0 Å². The molecule has 0 unspecified atom stereocenters. The average Bonchev–Trinajstić information content (AvgIpc) is 2.80. The fourth-order valence-corrected chi connectivity index (χ4v) is 11.4. The molecule has 0 aromatic carbocycles. The predicted molar refractivity (Wildman–Crippen MR) is 153 cm³/mol. The van der Waals surface area contributed by atoms with Gasteiger partial charge in [0.05, 0.1) is 0 Å². The Kier molecular flexibility index (Phi) is 6.72. The minimum atomic E-state index is -1.07. The van der Waals surface area contributed by atoms with Crippen LogP contribution in [0.2, 0.25) is 0 Å². The maximum Gasteiger partial charge on any atom is 0.314 e. The Bertz CT molecular complexity index is 1140. The first kappa shape index (κ1) is 29.6. The Hall–Kier alpha value is -1.85. The molecular weight excluding hydrogens is 504 g/mol. The van der Waals surface area contributed by atoms with E-state index in [1.54, 1.807) is 0 Å². The third kappa shape index (κ3) is 3.89. The summed E-state index contributed by atoms with van der Waals surface area (Å²) in [6, 6.07) is 0. The van der Waals surface area contributed by atoms with Crippen molar-refractivity contribution in [3.63, 3.8) is 0 Å². The quantitative estimate of drug-likeness (QED) is 0.289. The number of carboxylic acid groups (broad SMARTS) is 1. The van der Waals surface area contributed by atoms with Crippen LogP contribution in [0.4, 0.5) is 0 Å². The zero-order valence-electron chi connectivity index (χ0n) is 26.3. The van der Waals surface area contributed by atoms with Crippen LogP contribution in [0.3, 0.4) is 0 Å². The van der Waals surface area contributed by atoms with Gasteiger partial charge in [-0.05, 0) is 91.3 Å². The largest absolute Gasteiger partial charge is 0.481 e. The molecule has 0 radical (unpaired) electrons. The maximum atomic E-state index is 13.2. The zero-order valence-corrected chi connectivity index (χ0v) is 26.3. The molecule has 9 atom stereocenters. The smallest absolute Gasteiger partial charge is 0.314 e. The molecule has 0 amide bonds. The molecule has 0 heterocycles. The van der Waals surface area contributed by atoms with Gasteiger partial charge in [0.1, 0.15) is 17.6 Å². The van der Waals surface area contributed by atoms with Gasteiger partial charge in [0.15, 0.2) is 0 Å². The predicted octanol–water partition coefficient (Wildman–Crippen LogP) is 7.35. The third-order valence-corrected chi connectivity index (χ3v) is 13.6. The van der Waals surface area contributed by atoms with Crippen molar-refractivity contribution >= 4 is 17.9 Å². The van der Waals surface area contributed by atoms with Crippen LogP contribution in [-0.2, 0) is 23.9 Å². The van der Waals surface area contributed by atoms with Crippen LogP contribution in [0.1, 0.15) is 120 Å². The van der Waals surface area contributed by atoms with Gasteiger partial charge in [-0.15, -0.1) is 0 Å². The Morgan fingerprint density at radius 1 is 0.800 bits per heavy atom. The van der Waals surface area contributed by atoms with E-state index in [0.717, 1.165) is 44.9 Å². The first-order chi connectivity index (χ1) is 18.3. The SMILES string of the molecule is CC(=O)O[C@H]1CC[C@]2(C)[C@H]3CC=C4[C@H]5CC(C)(C)CC[C@]5(C(=O)O)[C@H](OC(C)=O)C[C@@]4(C)[C@]3(C)CC[C@H]2C1(C)C. The number of ether oxygens (including phenoxy) is 2. The lowest BCUT2D eigenvalue weighted by Gasteiger charge is -2.71. The molecule has 5 aliphatic carbocycles. The van der Waals surface area contributed by atoms with Crippen LogP contribution in [0.25, 0.3) is 0 Å². The van der Waals surface area contributed by atoms with Gasteiger partial charge in [-0.2, -0.15) is 0 Å². The van der Waals surface area contributed by atoms with Gasteiger partial charge in [-0.1, -0.05) is 60.1 Å². The number of esters is 2. The van der Waals surface area contributed by atoms with Crippen LogP contribution >= 0.6 is 0 Å². The second-order valence-corrected chi connectivity index (χ2v) is 16.3. The number of hydrogen-bond donors (Lipinski definition) is 1. The van der Waals surface area contributed by atoms with Crippen molar-refractivity contribution < 1.29 is 29.0 Å². The van der Waals surface area contributed by atoms with Gasteiger partial charge < -0.3 is 14.6 Å². The van der Waals surface area contributed by atoms with E-state index in [9.17, 15) is 19.5 Å². The summed E-state index contributed by atoms with van der Waals surface area (Å²) in [5, 5.41) is 10.8. The van der Waals surface area contributed by atoms with Gasteiger partial charge in [0.25, 0.3) is 0 Å². The van der Waals surface area contributed by atoms with Crippen molar-refractivity contribution in [1.29, 1.82) is 0 Å². The van der Waals surface area contributed by atoms with Crippen molar-refractivity contribution in [2.75, 3.05) is 0 Å². The van der Waals surface area contributed by atoms with E-state index in [0.29, 0.717) is 24.7 Å². The highest BCUT2D eigenvalue weighted by Crippen LogP contribution is 2.76. The molecule has 224 valence electrons. The molecule has 4 saturated carbocycles.